The maximum absolute atomic E-state index is 13.3. The number of benzene rings is 1. The minimum absolute atomic E-state index is 0.144. The van der Waals surface area contributed by atoms with E-state index in [9.17, 15) is 4.39 Å². The highest BCUT2D eigenvalue weighted by Gasteiger charge is 2.04. The van der Waals surface area contributed by atoms with Crippen LogP contribution >= 0.6 is 11.6 Å². The van der Waals surface area contributed by atoms with E-state index in [1.54, 1.807) is 16.8 Å². The number of nitrogens with zero attached hydrogens (tertiary/aromatic N) is 2. The Kier molecular flexibility index (Phi) is 4.56. The fourth-order valence-electron chi connectivity index (χ4n) is 1.72. The summed E-state index contributed by atoms with van der Waals surface area (Å²) in [6.45, 7) is 5.45. The first-order valence-corrected chi connectivity index (χ1v) is 6.62. The van der Waals surface area contributed by atoms with Crippen LogP contribution in [0.25, 0.3) is 0 Å². The van der Waals surface area contributed by atoms with E-state index in [0.29, 0.717) is 12.6 Å². The highest BCUT2D eigenvalue weighted by molar-refractivity contribution is 6.30. The largest absolute Gasteiger partial charge is 0.309 e. The molecule has 0 fully saturated rings. The summed E-state index contributed by atoms with van der Waals surface area (Å²) in [4.78, 5) is 0. The molecule has 1 N–H and O–H groups in total. The smallest absolute Gasteiger partial charge is 0.142 e. The van der Waals surface area contributed by atoms with Gasteiger partial charge in [-0.2, -0.15) is 5.10 Å². The molecule has 0 radical (unpaired) electrons. The third-order valence-electron chi connectivity index (χ3n) is 2.72. The monoisotopic (exact) mass is 281 g/mol. The van der Waals surface area contributed by atoms with Crippen molar-refractivity contribution in [1.82, 2.24) is 15.1 Å². The summed E-state index contributed by atoms with van der Waals surface area (Å²) in [7, 11) is 0. The summed E-state index contributed by atoms with van der Waals surface area (Å²) in [6, 6.07) is 7.20. The zero-order valence-corrected chi connectivity index (χ0v) is 11.8. The molecule has 0 saturated carbocycles. The van der Waals surface area contributed by atoms with Gasteiger partial charge in [-0.05, 0) is 23.8 Å². The Labute approximate surface area is 117 Å². The molecular formula is C14H17ClFN3. The molecule has 0 unspecified atom stereocenters. The SMILES string of the molecule is CC(C)NCc1ccn(Cc2ccc(Cl)c(F)c2)n1. The van der Waals surface area contributed by atoms with Gasteiger partial charge in [0.1, 0.15) is 5.82 Å². The molecular weight excluding hydrogens is 265 g/mol. The number of hydrogen-bond donors (Lipinski definition) is 1. The van der Waals surface area contributed by atoms with Gasteiger partial charge in [0.15, 0.2) is 0 Å². The molecule has 0 atom stereocenters. The van der Waals surface area contributed by atoms with Crippen LogP contribution in [-0.4, -0.2) is 15.8 Å². The van der Waals surface area contributed by atoms with Crippen molar-refractivity contribution in [2.75, 3.05) is 0 Å². The first-order valence-electron chi connectivity index (χ1n) is 6.24. The Bertz CT molecular complexity index is 551. The summed E-state index contributed by atoms with van der Waals surface area (Å²) >= 11 is 5.65. The van der Waals surface area contributed by atoms with Crippen LogP contribution < -0.4 is 5.32 Å². The van der Waals surface area contributed by atoms with Crippen LogP contribution in [0.15, 0.2) is 30.5 Å². The molecule has 1 aromatic heterocycles. The van der Waals surface area contributed by atoms with Gasteiger partial charge in [-0.1, -0.05) is 31.5 Å². The van der Waals surface area contributed by atoms with Gasteiger partial charge in [-0.15, -0.1) is 0 Å². The lowest BCUT2D eigenvalue weighted by molar-refractivity contribution is 0.569. The van der Waals surface area contributed by atoms with Crippen molar-refractivity contribution >= 4 is 11.6 Å². The van der Waals surface area contributed by atoms with Crippen molar-refractivity contribution in [2.24, 2.45) is 0 Å². The summed E-state index contributed by atoms with van der Waals surface area (Å²) in [5.41, 5.74) is 1.82. The average Bonchev–Trinajstić information content (AvgIpc) is 2.79. The zero-order valence-electron chi connectivity index (χ0n) is 11.0. The van der Waals surface area contributed by atoms with Crippen LogP contribution in [0.4, 0.5) is 4.39 Å². The summed E-state index contributed by atoms with van der Waals surface area (Å²) in [5, 5.41) is 7.88. The van der Waals surface area contributed by atoms with Crippen LogP contribution in [0.2, 0.25) is 5.02 Å². The molecule has 1 aromatic carbocycles. The molecule has 2 aromatic rings. The van der Waals surface area contributed by atoms with E-state index in [1.165, 1.54) is 6.07 Å². The maximum Gasteiger partial charge on any atom is 0.142 e. The standard InChI is InChI=1S/C14H17ClFN3/c1-10(2)17-8-12-5-6-19(18-12)9-11-3-4-13(15)14(16)7-11/h3-7,10,17H,8-9H2,1-2H3. The van der Waals surface area contributed by atoms with E-state index in [1.807, 2.05) is 12.3 Å². The Morgan fingerprint density at radius 1 is 1.37 bits per heavy atom. The first-order chi connectivity index (χ1) is 9.04. The van der Waals surface area contributed by atoms with E-state index >= 15 is 0 Å². The van der Waals surface area contributed by atoms with Crippen molar-refractivity contribution in [1.29, 1.82) is 0 Å². The summed E-state index contributed by atoms with van der Waals surface area (Å²) in [5.74, 6) is -0.395. The molecule has 0 bridgehead atoms. The number of aromatic nitrogens is 2. The van der Waals surface area contributed by atoms with Crippen molar-refractivity contribution in [3.8, 4) is 0 Å². The van der Waals surface area contributed by atoms with Crippen molar-refractivity contribution in [2.45, 2.75) is 33.0 Å². The van der Waals surface area contributed by atoms with E-state index in [-0.39, 0.29) is 5.02 Å². The predicted octanol–water partition coefficient (Wildman–Crippen LogP) is 3.22. The number of nitrogens with one attached hydrogen (secondary N) is 1. The van der Waals surface area contributed by atoms with Gasteiger partial charge in [-0.25, -0.2) is 4.39 Å². The Morgan fingerprint density at radius 3 is 2.84 bits per heavy atom. The minimum Gasteiger partial charge on any atom is -0.309 e. The molecule has 3 nitrogen and oxygen atoms in total. The number of halogens is 2. The average molecular weight is 282 g/mol. The number of rotatable bonds is 5. The predicted molar refractivity (Wildman–Crippen MR) is 74.7 cm³/mol. The van der Waals surface area contributed by atoms with Crippen LogP contribution in [0.5, 0.6) is 0 Å². The molecule has 0 spiro atoms. The normalized spacial score (nSPS) is 11.2. The molecule has 5 heteroatoms. The minimum atomic E-state index is -0.395. The third-order valence-corrected chi connectivity index (χ3v) is 3.02. The summed E-state index contributed by atoms with van der Waals surface area (Å²) < 4.78 is 15.1. The second-order valence-corrected chi connectivity index (χ2v) is 5.20. The molecule has 0 aliphatic carbocycles. The molecule has 102 valence electrons. The van der Waals surface area contributed by atoms with Crippen LogP contribution in [-0.2, 0) is 13.1 Å². The second-order valence-electron chi connectivity index (χ2n) is 4.79. The van der Waals surface area contributed by atoms with Crippen molar-refractivity contribution < 1.29 is 4.39 Å². The zero-order chi connectivity index (χ0) is 13.8. The summed E-state index contributed by atoms with van der Waals surface area (Å²) in [6.07, 6.45) is 1.89. The van der Waals surface area contributed by atoms with Gasteiger partial charge < -0.3 is 5.32 Å². The topological polar surface area (TPSA) is 29.9 Å². The van der Waals surface area contributed by atoms with Gasteiger partial charge >= 0.3 is 0 Å². The van der Waals surface area contributed by atoms with E-state index < -0.39 is 5.82 Å². The van der Waals surface area contributed by atoms with E-state index in [2.05, 4.69) is 24.3 Å². The molecule has 0 saturated heterocycles. The molecule has 1 heterocycles. The lowest BCUT2D eigenvalue weighted by Crippen LogP contribution is -2.22. The Hall–Kier alpha value is -1.39. The third kappa shape index (κ3) is 4.04. The molecule has 0 amide bonds. The van der Waals surface area contributed by atoms with Gasteiger partial charge in [0.25, 0.3) is 0 Å². The van der Waals surface area contributed by atoms with Crippen LogP contribution in [0.3, 0.4) is 0 Å². The van der Waals surface area contributed by atoms with Crippen LogP contribution in [0, 0.1) is 5.82 Å². The molecule has 19 heavy (non-hydrogen) atoms. The van der Waals surface area contributed by atoms with Gasteiger partial charge in [0.05, 0.1) is 17.3 Å². The highest BCUT2D eigenvalue weighted by Crippen LogP contribution is 2.16. The molecule has 0 aliphatic heterocycles. The highest BCUT2D eigenvalue weighted by atomic mass is 35.5. The van der Waals surface area contributed by atoms with Gasteiger partial charge in [-0.3, -0.25) is 4.68 Å². The quantitative estimate of drug-likeness (QED) is 0.912. The first kappa shape index (κ1) is 14.0. The van der Waals surface area contributed by atoms with Crippen molar-refractivity contribution in [3.63, 3.8) is 0 Å². The van der Waals surface area contributed by atoms with E-state index in [4.69, 9.17) is 11.6 Å². The van der Waals surface area contributed by atoms with Crippen LogP contribution in [0.1, 0.15) is 25.1 Å². The maximum atomic E-state index is 13.3. The van der Waals surface area contributed by atoms with Gasteiger partial charge in [0.2, 0.25) is 0 Å². The van der Waals surface area contributed by atoms with Crippen molar-refractivity contribution in [3.05, 3.63) is 52.6 Å². The Morgan fingerprint density at radius 2 is 2.16 bits per heavy atom. The fourth-order valence-corrected chi connectivity index (χ4v) is 1.84. The lowest BCUT2D eigenvalue weighted by Gasteiger charge is -2.05. The second kappa shape index (κ2) is 6.17. The molecule has 2 rings (SSSR count). The lowest BCUT2D eigenvalue weighted by atomic mass is 10.2. The van der Waals surface area contributed by atoms with Gasteiger partial charge in [0, 0.05) is 18.8 Å². The fraction of sp³-hybridized carbons (Fsp3) is 0.357. The Balaban J connectivity index is 2.01. The van der Waals surface area contributed by atoms with E-state index in [0.717, 1.165) is 17.8 Å². The number of hydrogen-bond acceptors (Lipinski definition) is 2. The molecule has 0 aliphatic rings.